The lowest BCUT2D eigenvalue weighted by molar-refractivity contribution is 0.0999. The summed E-state index contributed by atoms with van der Waals surface area (Å²) in [6, 6.07) is 12.7. The summed E-state index contributed by atoms with van der Waals surface area (Å²) >= 11 is 0. The number of hydrogen-bond donors (Lipinski definition) is 2. The Morgan fingerprint density at radius 1 is 1.17 bits per heavy atom. The average Bonchev–Trinajstić information content (AvgIpc) is 2.54. The standard InChI is InChI=1S/C17H14FN3O2/c1-20-14-9-11(18)7-10-8-13(16(19)22)17(23)21(15(10)14)12-5-3-2-4-6-12/h2-9,20H,1H3,(H2,19,22). The Morgan fingerprint density at radius 3 is 2.48 bits per heavy atom. The van der Waals surface area contributed by atoms with E-state index in [1.54, 1.807) is 31.3 Å². The lowest BCUT2D eigenvalue weighted by Crippen LogP contribution is -2.29. The highest BCUT2D eigenvalue weighted by Crippen LogP contribution is 2.26. The number of nitrogens with zero attached hydrogens (tertiary/aromatic N) is 1. The molecule has 5 nitrogen and oxygen atoms in total. The van der Waals surface area contributed by atoms with Crippen molar-refractivity contribution in [2.45, 2.75) is 0 Å². The molecule has 0 bridgehead atoms. The van der Waals surface area contributed by atoms with Gasteiger partial charge in [0, 0.05) is 18.1 Å². The molecule has 0 spiro atoms. The molecular weight excluding hydrogens is 297 g/mol. The summed E-state index contributed by atoms with van der Waals surface area (Å²) in [7, 11) is 1.63. The molecule has 0 aliphatic carbocycles. The maximum absolute atomic E-state index is 13.8. The van der Waals surface area contributed by atoms with E-state index in [2.05, 4.69) is 5.32 Å². The smallest absolute Gasteiger partial charge is 0.268 e. The molecule has 116 valence electrons. The van der Waals surface area contributed by atoms with Crippen LogP contribution in [0.25, 0.3) is 16.6 Å². The number of para-hydroxylation sites is 1. The van der Waals surface area contributed by atoms with E-state index < -0.39 is 17.3 Å². The van der Waals surface area contributed by atoms with Gasteiger partial charge in [0.15, 0.2) is 0 Å². The molecule has 0 radical (unpaired) electrons. The number of fused-ring (bicyclic) bond motifs is 1. The predicted molar refractivity (Wildman–Crippen MR) is 87.6 cm³/mol. The van der Waals surface area contributed by atoms with Crippen LogP contribution in [0, 0.1) is 5.82 Å². The van der Waals surface area contributed by atoms with Crippen LogP contribution in [0.2, 0.25) is 0 Å². The van der Waals surface area contributed by atoms with Gasteiger partial charge in [0.05, 0.1) is 11.2 Å². The lowest BCUT2D eigenvalue weighted by atomic mass is 10.1. The summed E-state index contributed by atoms with van der Waals surface area (Å²) in [5.74, 6) is -1.33. The molecule has 1 heterocycles. The number of halogens is 1. The molecule has 2 aromatic carbocycles. The van der Waals surface area contributed by atoms with E-state index in [1.165, 1.54) is 22.8 Å². The highest BCUT2D eigenvalue weighted by molar-refractivity contribution is 5.99. The molecule has 0 fully saturated rings. The minimum absolute atomic E-state index is 0.186. The Morgan fingerprint density at radius 2 is 1.87 bits per heavy atom. The average molecular weight is 311 g/mol. The van der Waals surface area contributed by atoms with Crippen LogP contribution in [0.1, 0.15) is 10.4 Å². The van der Waals surface area contributed by atoms with E-state index in [0.717, 1.165) is 0 Å². The molecule has 0 atom stereocenters. The van der Waals surface area contributed by atoms with Crippen molar-refractivity contribution >= 4 is 22.5 Å². The Balaban J connectivity index is 2.55. The Kier molecular flexibility index (Phi) is 3.57. The van der Waals surface area contributed by atoms with Gasteiger partial charge < -0.3 is 11.1 Å². The van der Waals surface area contributed by atoms with Crippen molar-refractivity contribution in [2.24, 2.45) is 5.73 Å². The monoisotopic (exact) mass is 311 g/mol. The van der Waals surface area contributed by atoms with Crippen molar-refractivity contribution < 1.29 is 9.18 Å². The van der Waals surface area contributed by atoms with Gasteiger partial charge >= 0.3 is 0 Å². The zero-order valence-electron chi connectivity index (χ0n) is 12.3. The predicted octanol–water partition coefficient (Wildman–Crippen LogP) is 2.27. The topological polar surface area (TPSA) is 77.1 Å². The van der Waals surface area contributed by atoms with E-state index >= 15 is 0 Å². The van der Waals surface area contributed by atoms with Gasteiger partial charge in [0.1, 0.15) is 11.4 Å². The third-order valence-electron chi connectivity index (χ3n) is 3.61. The van der Waals surface area contributed by atoms with Gasteiger partial charge in [-0.15, -0.1) is 0 Å². The van der Waals surface area contributed by atoms with Crippen LogP contribution in [-0.2, 0) is 0 Å². The van der Waals surface area contributed by atoms with Gasteiger partial charge in [0.2, 0.25) is 0 Å². The maximum Gasteiger partial charge on any atom is 0.268 e. The highest BCUT2D eigenvalue weighted by Gasteiger charge is 2.17. The Labute approximate surface area is 131 Å². The van der Waals surface area contributed by atoms with Crippen molar-refractivity contribution in [3.05, 3.63) is 70.3 Å². The van der Waals surface area contributed by atoms with Gasteiger partial charge in [0.25, 0.3) is 11.5 Å². The molecule has 23 heavy (non-hydrogen) atoms. The van der Waals surface area contributed by atoms with Crippen LogP contribution < -0.4 is 16.6 Å². The highest BCUT2D eigenvalue weighted by atomic mass is 19.1. The minimum atomic E-state index is -0.850. The fourth-order valence-electron chi connectivity index (χ4n) is 2.61. The zero-order valence-corrected chi connectivity index (χ0v) is 12.3. The third kappa shape index (κ3) is 2.44. The summed E-state index contributed by atoms with van der Waals surface area (Å²) in [4.78, 5) is 24.3. The normalized spacial score (nSPS) is 10.7. The number of rotatable bonds is 3. The minimum Gasteiger partial charge on any atom is -0.386 e. The quantitative estimate of drug-likeness (QED) is 0.779. The summed E-state index contributed by atoms with van der Waals surface area (Å²) in [5.41, 5.74) is 6.06. The van der Waals surface area contributed by atoms with Crippen molar-refractivity contribution in [1.82, 2.24) is 4.57 Å². The Bertz CT molecular complexity index is 965. The Hall–Kier alpha value is -3.15. The van der Waals surface area contributed by atoms with Crippen LogP contribution in [0.5, 0.6) is 0 Å². The van der Waals surface area contributed by atoms with Gasteiger partial charge in [-0.05, 0) is 30.3 Å². The number of anilines is 1. The number of primary amides is 1. The van der Waals surface area contributed by atoms with Crippen LogP contribution in [0.4, 0.5) is 10.1 Å². The SMILES string of the molecule is CNc1cc(F)cc2cc(C(N)=O)c(=O)n(-c3ccccc3)c12. The number of aromatic nitrogens is 1. The number of hydrogen-bond acceptors (Lipinski definition) is 3. The number of carbonyl (C=O) groups excluding carboxylic acids is 1. The van der Waals surface area contributed by atoms with Crippen LogP contribution >= 0.6 is 0 Å². The molecule has 3 aromatic rings. The van der Waals surface area contributed by atoms with Crippen molar-refractivity contribution in [3.8, 4) is 5.69 Å². The molecule has 0 aliphatic rings. The van der Waals surface area contributed by atoms with E-state index in [1.807, 2.05) is 6.07 Å². The number of carbonyl (C=O) groups is 1. The largest absolute Gasteiger partial charge is 0.386 e. The van der Waals surface area contributed by atoms with E-state index in [9.17, 15) is 14.0 Å². The molecular formula is C17H14FN3O2. The first kappa shape index (κ1) is 14.8. The molecule has 3 N–H and O–H groups in total. The van der Waals surface area contributed by atoms with Crippen molar-refractivity contribution in [3.63, 3.8) is 0 Å². The maximum atomic E-state index is 13.8. The molecule has 0 saturated carbocycles. The summed E-state index contributed by atoms with van der Waals surface area (Å²) in [6.07, 6.45) is 0. The van der Waals surface area contributed by atoms with E-state index in [4.69, 9.17) is 5.73 Å². The second-order valence-electron chi connectivity index (χ2n) is 5.04. The summed E-state index contributed by atoms with van der Waals surface area (Å²) in [6.45, 7) is 0. The third-order valence-corrected chi connectivity index (χ3v) is 3.61. The first-order valence-electron chi connectivity index (χ1n) is 6.95. The lowest BCUT2D eigenvalue weighted by Gasteiger charge is -2.15. The van der Waals surface area contributed by atoms with Crippen LogP contribution in [-0.4, -0.2) is 17.5 Å². The van der Waals surface area contributed by atoms with Gasteiger partial charge in [-0.3, -0.25) is 14.2 Å². The van der Waals surface area contributed by atoms with Gasteiger partial charge in [-0.1, -0.05) is 18.2 Å². The number of nitrogens with two attached hydrogens (primary N) is 1. The molecule has 0 saturated heterocycles. The van der Waals surface area contributed by atoms with Crippen molar-refractivity contribution in [2.75, 3.05) is 12.4 Å². The molecule has 0 aliphatic heterocycles. The van der Waals surface area contributed by atoms with Crippen LogP contribution in [0.15, 0.2) is 53.3 Å². The zero-order chi connectivity index (χ0) is 16.6. The summed E-state index contributed by atoms with van der Waals surface area (Å²) < 4.78 is 15.2. The first-order chi connectivity index (χ1) is 11.0. The van der Waals surface area contributed by atoms with Crippen molar-refractivity contribution in [1.29, 1.82) is 0 Å². The first-order valence-corrected chi connectivity index (χ1v) is 6.95. The number of benzene rings is 2. The van der Waals surface area contributed by atoms with Crippen LogP contribution in [0.3, 0.4) is 0 Å². The number of amides is 1. The number of nitrogens with one attached hydrogen (secondary N) is 1. The molecule has 1 aromatic heterocycles. The number of pyridine rings is 1. The fourth-order valence-corrected chi connectivity index (χ4v) is 2.61. The van der Waals surface area contributed by atoms with E-state index in [-0.39, 0.29) is 5.56 Å². The molecule has 3 rings (SSSR count). The molecule has 1 amide bonds. The van der Waals surface area contributed by atoms with Gasteiger partial charge in [-0.25, -0.2) is 4.39 Å². The van der Waals surface area contributed by atoms with Gasteiger partial charge in [-0.2, -0.15) is 0 Å². The molecule has 6 heteroatoms. The molecule has 0 unspecified atom stereocenters. The van der Waals surface area contributed by atoms with E-state index in [0.29, 0.717) is 22.3 Å². The fraction of sp³-hybridized carbons (Fsp3) is 0.0588. The second kappa shape index (κ2) is 5.57. The second-order valence-corrected chi connectivity index (χ2v) is 5.04. The summed E-state index contributed by atoms with van der Waals surface area (Å²) in [5, 5.41) is 3.29.